The molecule has 2 aromatic carbocycles. The lowest BCUT2D eigenvalue weighted by atomic mass is 9.90. The zero-order valence-corrected chi connectivity index (χ0v) is 15.4. The quantitative estimate of drug-likeness (QED) is 0.524. The van der Waals surface area contributed by atoms with Crippen LogP contribution in [-0.2, 0) is 0 Å². The number of aromatic nitrogens is 2. The van der Waals surface area contributed by atoms with Gasteiger partial charge in [0.05, 0.1) is 16.7 Å². The van der Waals surface area contributed by atoms with Crippen molar-refractivity contribution >= 4 is 21.8 Å². The molecule has 0 amide bonds. The van der Waals surface area contributed by atoms with E-state index in [0.29, 0.717) is 11.3 Å². The number of nitrogens with one attached hydrogen (secondary N) is 1. The monoisotopic (exact) mass is 359 g/mol. The van der Waals surface area contributed by atoms with Gasteiger partial charge in [-0.25, -0.2) is 9.37 Å². The first-order chi connectivity index (χ1) is 13.2. The Kier molecular flexibility index (Phi) is 3.94. The number of likely N-dealkylation sites (tertiary alicyclic amines) is 1. The molecule has 3 nitrogen and oxygen atoms in total. The molecule has 1 aliphatic rings. The Balaban J connectivity index is 1.63. The average Bonchev–Trinajstić information content (AvgIpc) is 3.12. The minimum Gasteiger partial charge on any atom is -0.360 e. The van der Waals surface area contributed by atoms with Gasteiger partial charge in [-0.05, 0) is 74.1 Å². The topological polar surface area (TPSA) is 31.9 Å². The van der Waals surface area contributed by atoms with Crippen molar-refractivity contribution in [1.82, 2.24) is 14.9 Å². The molecule has 0 aliphatic carbocycles. The molecule has 27 heavy (non-hydrogen) atoms. The minimum absolute atomic E-state index is 0.191. The van der Waals surface area contributed by atoms with Gasteiger partial charge in [-0.1, -0.05) is 24.3 Å². The number of halogens is 1. The summed E-state index contributed by atoms with van der Waals surface area (Å²) in [6.07, 6.45) is 4.45. The van der Waals surface area contributed by atoms with Crippen LogP contribution in [0, 0.1) is 5.82 Å². The summed E-state index contributed by atoms with van der Waals surface area (Å²) in [5, 5.41) is 1.54. The molecule has 0 bridgehead atoms. The number of aromatic amines is 1. The first-order valence-corrected chi connectivity index (χ1v) is 9.55. The number of nitrogens with zero attached hydrogens (tertiary/aromatic N) is 2. The first kappa shape index (κ1) is 16.5. The maximum absolute atomic E-state index is 14.2. The van der Waals surface area contributed by atoms with Crippen LogP contribution in [-0.4, -0.2) is 35.0 Å². The van der Waals surface area contributed by atoms with E-state index in [0.717, 1.165) is 53.6 Å². The van der Waals surface area contributed by atoms with E-state index >= 15 is 0 Å². The minimum atomic E-state index is -0.191. The molecule has 4 aromatic rings. The molecule has 0 spiro atoms. The van der Waals surface area contributed by atoms with Crippen LogP contribution in [0.4, 0.5) is 4.39 Å². The standard InChI is InChI=1S/C23H22FN3/c1-27-12-10-15(11-13-27)19-14-25-22-9-8-21(26-23(19)22)18-6-7-20(24)17-5-3-2-4-16(17)18/h2-9,14-15,25H,10-13H2,1H3. The molecular weight excluding hydrogens is 337 g/mol. The van der Waals surface area contributed by atoms with E-state index in [1.165, 1.54) is 5.56 Å². The van der Waals surface area contributed by atoms with Crippen LogP contribution in [0.1, 0.15) is 24.3 Å². The number of H-pyrrole nitrogens is 1. The fourth-order valence-electron chi connectivity index (χ4n) is 4.29. The number of fused-ring (bicyclic) bond motifs is 2. The predicted octanol–water partition coefficient (Wildman–Crippen LogP) is 5.33. The Labute approximate surface area is 157 Å². The van der Waals surface area contributed by atoms with Gasteiger partial charge < -0.3 is 9.88 Å². The second-order valence-corrected chi connectivity index (χ2v) is 7.55. The van der Waals surface area contributed by atoms with Crippen LogP contribution in [0.5, 0.6) is 0 Å². The lowest BCUT2D eigenvalue weighted by Gasteiger charge is -2.28. The zero-order chi connectivity index (χ0) is 18.4. The Morgan fingerprint density at radius 2 is 1.78 bits per heavy atom. The lowest BCUT2D eigenvalue weighted by Crippen LogP contribution is -2.29. The summed E-state index contributed by atoms with van der Waals surface area (Å²) < 4.78 is 14.2. The van der Waals surface area contributed by atoms with Gasteiger partial charge in [-0.3, -0.25) is 0 Å². The second kappa shape index (κ2) is 6.46. The number of rotatable bonds is 2. The maximum atomic E-state index is 14.2. The lowest BCUT2D eigenvalue weighted by molar-refractivity contribution is 0.256. The van der Waals surface area contributed by atoms with Gasteiger partial charge in [0.1, 0.15) is 5.82 Å². The van der Waals surface area contributed by atoms with Crippen molar-refractivity contribution in [3.05, 3.63) is 66.1 Å². The van der Waals surface area contributed by atoms with Crippen LogP contribution in [0.15, 0.2) is 54.7 Å². The van der Waals surface area contributed by atoms with Gasteiger partial charge in [-0.15, -0.1) is 0 Å². The van der Waals surface area contributed by atoms with E-state index < -0.39 is 0 Å². The van der Waals surface area contributed by atoms with Crippen LogP contribution in [0.2, 0.25) is 0 Å². The molecule has 136 valence electrons. The van der Waals surface area contributed by atoms with E-state index in [1.807, 2.05) is 36.4 Å². The van der Waals surface area contributed by atoms with Crippen molar-refractivity contribution in [3.63, 3.8) is 0 Å². The summed E-state index contributed by atoms with van der Waals surface area (Å²) in [5.41, 5.74) is 5.30. The van der Waals surface area contributed by atoms with E-state index in [-0.39, 0.29) is 5.82 Å². The Bertz CT molecular complexity index is 1120. The fraction of sp³-hybridized carbons (Fsp3) is 0.261. The maximum Gasteiger partial charge on any atom is 0.131 e. The van der Waals surface area contributed by atoms with Crippen LogP contribution >= 0.6 is 0 Å². The molecule has 1 fully saturated rings. The summed E-state index contributed by atoms with van der Waals surface area (Å²) in [7, 11) is 2.18. The molecule has 5 rings (SSSR count). The highest BCUT2D eigenvalue weighted by molar-refractivity contribution is 5.97. The van der Waals surface area contributed by atoms with Gasteiger partial charge in [0.2, 0.25) is 0 Å². The molecule has 0 saturated carbocycles. The number of hydrogen-bond acceptors (Lipinski definition) is 2. The van der Waals surface area contributed by atoms with E-state index in [2.05, 4.69) is 29.2 Å². The second-order valence-electron chi connectivity index (χ2n) is 7.55. The predicted molar refractivity (Wildman–Crippen MR) is 108 cm³/mol. The first-order valence-electron chi connectivity index (χ1n) is 9.55. The summed E-state index contributed by atoms with van der Waals surface area (Å²) in [6, 6.07) is 15.1. The molecule has 1 saturated heterocycles. The number of hydrogen-bond donors (Lipinski definition) is 1. The summed E-state index contributed by atoms with van der Waals surface area (Å²) in [6.45, 7) is 2.25. The Hall–Kier alpha value is -2.72. The van der Waals surface area contributed by atoms with Gasteiger partial charge >= 0.3 is 0 Å². The van der Waals surface area contributed by atoms with Crippen molar-refractivity contribution in [2.45, 2.75) is 18.8 Å². The number of piperidine rings is 1. The molecule has 3 heterocycles. The Morgan fingerprint density at radius 3 is 2.59 bits per heavy atom. The highest BCUT2D eigenvalue weighted by atomic mass is 19.1. The highest BCUT2D eigenvalue weighted by Crippen LogP contribution is 2.35. The van der Waals surface area contributed by atoms with Crippen LogP contribution in [0.3, 0.4) is 0 Å². The molecule has 4 heteroatoms. The van der Waals surface area contributed by atoms with Gasteiger partial charge in [0.25, 0.3) is 0 Å². The molecule has 0 unspecified atom stereocenters. The third kappa shape index (κ3) is 2.81. The normalized spacial score (nSPS) is 16.4. The number of pyridine rings is 1. The third-order valence-corrected chi connectivity index (χ3v) is 5.86. The van der Waals surface area contributed by atoms with Crippen LogP contribution in [0.25, 0.3) is 33.1 Å². The van der Waals surface area contributed by atoms with Gasteiger partial charge in [0.15, 0.2) is 0 Å². The van der Waals surface area contributed by atoms with E-state index in [1.54, 1.807) is 6.07 Å². The van der Waals surface area contributed by atoms with Crippen molar-refractivity contribution in [2.75, 3.05) is 20.1 Å². The van der Waals surface area contributed by atoms with Crippen molar-refractivity contribution in [3.8, 4) is 11.3 Å². The molecule has 1 N–H and O–H groups in total. The van der Waals surface area contributed by atoms with Gasteiger partial charge in [-0.2, -0.15) is 0 Å². The van der Waals surface area contributed by atoms with E-state index in [9.17, 15) is 4.39 Å². The summed E-state index contributed by atoms with van der Waals surface area (Å²) >= 11 is 0. The van der Waals surface area contributed by atoms with Gasteiger partial charge in [0, 0.05) is 17.1 Å². The zero-order valence-electron chi connectivity index (χ0n) is 15.4. The van der Waals surface area contributed by atoms with Crippen molar-refractivity contribution in [2.24, 2.45) is 0 Å². The molecule has 2 aromatic heterocycles. The SMILES string of the molecule is CN1CCC(c2c[nH]c3ccc(-c4ccc(F)c5ccccc45)nc23)CC1. The van der Waals surface area contributed by atoms with Crippen molar-refractivity contribution in [1.29, 1.82) is 0 Å². The average molecular weight is 359 g/mol. The third-order valence-electron chi connectivity index (χ3n) is 5.86. The summed E-state index contributed by atoms with van der Waals surface area (Å²) in [4.78, 5) is 10.8. The smallest absolute Gasteiger partial charge is 0.131 e. The molecule has 0 radical (unpaired) electrons. The van der Waals surface area contributed by atoms with Crippen molar-refractivity contribution < 1.29 is 4.39 Å². The van der Waals surface area contributed by atoms with Crippen LogP contribution < -0.4 is 0 Å². The van der Waals surface area contributed by atoms with E-state index in [4.69, 9.17) is 4.98 Å². The fourth-order valence-corrected chi connectivity index (χ4v) is 4.29. The highest BCUT2D eigenvalue weighted by Gasteiger charge is 2.22. The largest absolute Gasteiger partial charge is 0.360 e. The molecule has 1 aliphatic heterocycles. The molecule has 0 atom stereocenters. The molecular formula is C23H22FN3. The summed E-state index contributed by atoms with van der Waals surface area (Å²) in [5.74, 6) is 0.353. The number of benzene rings is 2. The Morgan fingerprint density at radius 1 is 1.00 bits per heavy atom.